The number of hydrogen-bond acceptors (Lipinski definition) is 4. The number of nitrogens with two attached hydrogens (primary N) is 1. The molecule has 3 rings (SSSR count). The van der Waals surface area contributed by atoms with Crippen LogP contribution < -0.4 is 16.1 Å². The Morgan fingerprint density at radius 1 is 1.09 bits per heavy atom. The first kappa shape index (κ1) is 15.2. The van der Waals surface area contributed by atoms with Gasteiger partial charge in [-0.05, 0) is 42.3 Å². The van der Waals surface area contributed by atoms with Crippen LogP contribution in [0.3, 0.4) is 0 Å². The van der Waals surface area contributed by atoms with Gasteiger partial charge in [-0.3, -0.25) is 0 Å². The van der Waals surface area contributed by atoms with Crippen molar-refractivity contribution in [1.29, 1.82) is 0 Å². The second-order valence-electron chi connectivity index (χ2n) is 5.47. The van der Waals surface area contributed by atoms with Gasteiger partial charge in [-0.15, -0.1) is 0 Å². The van der Waals surface area contributed by atoms with E-state index < -0.39 is 0 Å². The maximum absolute atomic E-state index is 12.3. The van der Waals surface area contributed by atoms with Gasteiger partial charge in [0.1, 0.15) is 11.3 Å². The highest BCUT2D eigenvalue weighted by atomic mass is 16.5. The van der Waals surface area contributed by atoms with Crippen molar-refractivity contribution < 1.29 is 9.15 Å². The van der Waals surface area contributed by atoms with Crippen LogP contribution in [-0.2, 0) is 0 Å². The molecular weight excluding hydrogens is 290 g/mol. The molecule has 0 saturated heterocycles. The smallest absolute Gasteiger partial charge is 0.344 e. The lowest BCUT2D eigenvalue weighted by atomic mass is 10.1. The van der Waals surface area contributed by atoms with E-state index in [0.717, 1.165) is 23.8 Å². The van der Waals surface area contributed by atoms with E-state index in [1.54, 1.807) is 18.2 Å². The lowest BCUT2D eigenvalue weighted by Crippen LogP contribution is -2.03. The molecule has 0 radical (unpaired) electrons. The Hall–Kier alpha value is -2.75. The second kappa shape index (κ2) is 6.57. The van der Waals surface area contributed by atoms with E-state index in [4.69, 9.17) is 14.9 Å². The first-order valence-corrected chi connectivity index (χ1v) is 7.74. The molecule has 0 unspecified atom stereocenters. The summed E-state index contributed by atoms with van der Waals surface area (Å²) < 4.78 is 11.1. The number of ether oxygens (including phenoxy) is 1. The highest BCUT2D eigenvalue weighted by Gasteiger charge is 2.08. The van der Waals surface area contributed by atoms with Gasteiger partial charge in [-0.2, -0.15) is 0 Å². The van der Waals surface area contributed by atoms with E-state index in [1.807, 2.05) is 30.3 Å². The molecule has 0 aliphatic carbocycles. The van der Waals surface area contributed by atoms with Crippen molar-refractivity contribution in [2.75, 3.05) is 12.3 Å². The largest absolute Gasteiger partial charge is 0.493 e. The van der Waals surface area contributed by atoms with Gasteiger partial charge in [0.2, 0.25) is 0 Å². The summed E-state index contributed by atoms with van der Waals surface area (Å²) >= 11 is 0. The summed E-state index contributed by atoms with van der Waals surface area (Å²) in [5.41, 5.74) is 7.82. The third-order valence-electron chi connectivity index (χ3n) is 3.70. The highest BCUT2D eigenvalue weighted by molar-refractivity contribution is 5.82. The van der Waals surface area contributed by atoms with Crippen molar-refractivity contribution >= 4 is 16.7 Å². The fraction of sp³-hybridized carbons (Fsp3) is 0.211. The van der Waals surface area contributed by atoms with Crippen LogP contribution in [-0.4, -0.2) is 6.61 Å². The lowest BCUT2D eigenvalue weighted by Gasteiger charge is -2.07. The zero-order valence-corrected chi connectivity index (χ0v) is 13.0. The number of fused-ring (bicyclic) bond motifs is 1. The average molecular weight is 309 g/mol. The molecule has 4 heteroatoms. The molecule has 0 bridgehead atoms. The molecule has 4 nitrogen and oxygen atoms in total. The van der Waals surface area contributed by atoms with Gasteiger partial charge in [0, 0.05) is 17.1 Å². The Morgan fingerprint density at radius 3 is 2.61 bits per heavy atom. The van der Waals surface area contributed by atoms with Gasteiger partial charge in [-0.25, -0.2) is 4.79 Å². The van der Waals surface area contributed by atoms with E-state index in [9.17, 15) is 4.79 Å². The number of unbranched alkanes of at least 4 members (excludes halogenated alkanes) is 1. The third kappa shape index (κ3) is 3.37. The van der Waals surface area contributed by atoms with Gasteiger partial charge in [0.05, 0.1) is 12.2 Å². The minimum atomic E-state index is -0.368. The third-order valence-corrected chi connectivity index (χ3v) is 3.70. The highest BCUT2D eigenvalue weighted by Crippen LogP contribution is 2.25. The van der Waals surface area contributed by atoms with Gasteiger partial charge >= 0.3 is 5.63 Å². The van der Waals surface area contributed by atoms with E-state index in [1.165, 1.54) is 0 Å². The van der Waals surface area contributed by atoms with Crippen molar-refractivity contribution in [3.8, 4) is 16.9 Å². The van der Waals surface area contributed by atoms with Crippen LogP contribution in [0.2, 0.25) is 0 Å². The van der Waals surface area contributed by atoms with Gasteiger partial charge in [0.25, 0.3) is 0 Å². The van der Waals surface area contributed by atoms with Gasteiger partial charge in [-0.1, -0.05) is 25.5 Å². The Balaban J connectivity index is 1.97. The molecular formula is C19H19NO3. The summed E-state index contributed by atoms with van der Waals surface area (Å²) in [4.78, 5) is 12.3. The van der Waals surface area contributed by atoms with Crippen LogP contribution in [0.15, 0.2) is 57.7 Å². The maximum atomic E-state index is 12.3. The number of rotatable bonds is 5. The monoisotopic (exact) mass is 309 g/mol. The predicted octanol–water partition coefficient (Wildman–Crippen LogP) is 4.22. The predicted molar refractivity (Wildman–Crippen MR) is 92.7 cm³/mol. The van der Waals surface area contributed by atoms with Crippen LogP contribution in [0.4, 0.5) is 5.69 Å². The molecule has 2 N–H and O–H groups in total. The SMILES string of the molecule is CCCCOc1ccc2cc(-c3ccc(N)cc3)c(=O)oc2c1. The molecule has 0 aliphatic heterocycles. The molecule has 0 spiro atoms. The lowest BCUT2D eigenvalue weighted by molar-refractivity contribution is 0.309. The summed E-state index contributed by atoms with van der Waals surface area (Å²) in [6, 6.07) is 14.6. The first-order chi connectivity index (χ1) is 11.2. The van der Waals surface area contributed by atoms with Crippen molar-refractivity contribution in [2.45, 2.75) is 19.8 Å². The van der Waals surface area contributed by atoms with Gasteiger partial charge in [0.15, 0.2) is 0 Å². The van der Waals surface area contributed by atoms with Crippen LogP contribution in [0.25, 0.3) is 22.1 Å². The van der Waals surface area contributed by atoms with E-state index in [-0.39, 0.29) is 5.63 Å². The molecule has 0 saturated carbocycles. The summed E-state index contributed by atoms with van der Waals surface area (Å²) in [6.07, 6.45) is 2.08. The normalized spacial score (nSPS) is 10.8. The average Bonchev–Trinajstić information content (AvgIpc) is 2.55. The van der Waals surface area contributed by atoms with Crippen LogP contribution in [0, 0.1) is 0 Å². The van der Waals surface area contributed by atoms with Crippen LogP contribution >= 0.6 is 0 Å². The summed E-state index contributed by atoms with van der Waals surface area (Å²) in [5.74, 6) is 0.717. The van der Waals surface area contributed by atoms with E-state index in [2.05, 4.69) is 6.92 Å². The van der Waals surface area contributed by atoms with Crippen molar-refractivity contribution in [3.05, 3.63) is 59.0 Å². The Kier molecular flexibility index (Phi) is 4.33. The fourth-order valence-electron chi connectivity index (χ4n) is 2.38. The molecule has 0 atom stereocenters. The van der Waals surface area contributed by atoms with Crippen LogP contribution in [0.1, 0.15) is 19.8 Å². The number of benzene rings is 2. The second-order valence-corrected chi connectivity index (χ2v) is 5.47. The molecule has 0 aliphatic rings. The molecule has 1 aromatic heterocycles. The molecule has 3 aromatic rings. The Morgan fingerprint density at radius 2 is 1.87 bits per heavy atom. The Bertz CT molecular complexity index is 866. The number of nitrogen functional groups attached to an aromatic ring is 1. The van der Waals surface area contributed by atoms with Crippen molar-refractivity contribution in [1.82, 2.24) is 0 Å². The van der Waals surface area contributed by atoms with E-state index in [0.29, 0.717) is 29.2 Å². The standard InChI is InChI=1S/C19H19NO3/c1-2-3-10-22-16-9-6-14-11-17(19(21)23-18(14)12-16)13-4-7-15(20)8-5-13/h4-9,11-12H,2-3,10,20H2,1H3. The summed E-state index contributed by atoms with van der Waals surface area (Å²) in [6.45, 7) is 2.78. The number of hydrogen-bond donors (Lipinski definition) is 1. The Labute approximate surface area is 134 Å². The fourth-order valence-corrected chi connectivity index (χ4v) is 2.38. The summed E-state index contributed by atoms with van der Waals surface area (Å²) in [5, 5.41) is 0.860. The maximum Gasteiger partial charge on any atom is 0.344 e. The first-order valence-electron chi connectivity index (χ1n) is 7.74. The van der Waals surface area contributed by atoms with Crippen molar-refractivity contribution in [2.24, 2.45) is 0 Å². The topological polar surface area (TPSA) is 65.5 Å². The molecule has 23 heavy (non-hydrogen) atoms. The number of anilines is 1. The molecule has 118 valence electrons. The van der Waals surface area contributed by atoms with Crippen LogP contribution in [0.5, 0.6) is 5.75 Å². The minimum absolute atomic E-state index is 0.368. The van der Waals surface area contributed by atoms with Crippen molar-refractivity contribution in [3.63, 3.8) is 0 Å². The molecule has 0 fully saturated rings. The van der Waals surface area contributed by atoms with E-state index >= 15 is 0 Å². The molecule has 1 heterocycles. The van der Waals surface area contributed by atoms with Gasteiger partial charge < -0.3 is 14.9 Å². The quantitative estimate of drug-likeness (QED) is 0.435. The zero-order valence-electron chi connectivity index (χ0n) is 13.0. The molecule has 0 amide bonds. The minimum Gasteiger partial charge on any atom is -0.493 e. The molecule has 2 aromatic carbocycles. The zero-order chi connectivity index (χ0) is 16.2. The summed E-state index contributed by atoms with van der Waals surface area (Å²) in [7, 11) is 0.